The zero-order chi connectivity index (χ0) is 13.4. The zero-order valence-corrected chi connectivity index (χ0v) is 12.3. The van der Waals surface area contributed by atoms with Crippen LogP contribution in [0.2, 0.25) is 0 Å². The van der Waals surface area contributed by atoms with Crippen LogP contribution < -0.4 is 0 Å². The van der Waals surface area contributed by atoms with Crippen molar-refractivity contribution in [1.29, 1.82) is 0 Å². The van der Waals surface area contributed by atoms with Crippen LogP contribution in [-0.2, 0) is 0 Å². The minimum absolute atomic E-state index is 0.676. The highest BCUT2D eigenvalue weighted by molar-refractivity contribution is 7.98. The fourth-order valence-corrected chi connectivity index (χ4v) is 2.99. The highest BCUT2D eigenvalue weighted by atomic mass is 32.2. The fourth-order valence-electron chi connectivity index (χ4n) is 2.12. The Morgan fingerprint density at radius 2 is 2.00 bits per heavy atom. The first-order chi connectivity index (χ1) is 9.20. The molecular weight excluding hydrogens is 274 g/mol. The summed E-state index contributed by atoms with van der Waals surface area (Å²) in [6, 6.07) is 12.2. The Balaban J connectivity index is 2.39. The third-order valence-electron chi connectivity index (χ3n) is 3.00. The molecule has 0 aliphatic carbocycles. The molecule has 0 fully saturated rings. The molecule has 0 unspecified atom stereocenters. The molecule has 0 saturated carbocycles. The van der Waals surface area contributed by atoms with Gasteiger partial charge in [0.1, 0.15) is 0 Å². The van der Waals surface area contributed by atoms with E-state index in [1.165, 1.54) is 4.90 Å². The first-order valence-electron chi connectivity index (χ1n) is 5.92. The molecule has 3 aromatic rings. The van der Waals surface area contributed by atoms with Gasteiger partial charge < -0.3 is 4.98 Å². The van der Waals surface area contributed by atoms with Crippen LogP contribution in [-0.4, -0.2) is 20.8 Å². The van der Waals surface area contributed by atoms with E-state index in [0.717, 1.165) is 22.5 Å². The number of rotatable bonds is 2. The molecule has 96 valence electrons. The van der Waals surface area contributed by atoms with Gasteiger partial charge in [0.25, 0.3) is 0 Å². The summed E-state index contributed by atoms with van der Waals surface area (Å²) < 4.78 is 2.68. The fraction of sp³-hybridized carbons (Fsp3) is 0.143. The maximum atomic E-state index is 5.44. The SMILES string of the molecule is CSc1ccccc1-n1c(=S)[nH]c2ccc(C)nc21. The summed E-state index contributed by atoms with van der Waals surface area (Å²) in [5.41, 5.74) is 3.90. The second-order valence-electron chi connectivity index (χ2n) is 4.26. The van der Waals surface area contributed by atoms with Crippen molar-refractivity contribution >= 4 is 35.1 Å². The molecule has 3 nitrogen and oxygen atoms in total. The van der Waals surface area contributed by atoms with Crippen molar-refractivity contribution in [3.05, 3.63) is 46.9 Å². The standard InChI is InChI=1S/C14H13N3S2/c1-9-7-8-10-13(15-9)17(14(18)16-10)11-5-3-4-6-12(11)19-2/h3-8H,1-2H3,(H,16,18). The van der Waals surface area contributed by atoms with Gasteiger partial charge in [-0.3, -0.25) is 4.57 Å². The average Bonchev–Trinajstić information content (AvgIpc) is 2.74. The first kappa shape index (κ1) is 12.4. The number of aromatic amines is 1. The van der Waals surface area contributed by atoms with E-state index >= 15 is 0 Å². The number of pyridine rings is 1. The van der Waals surface area contributed by atoms with Crippen LogP contribution in [0, 0.1) is 11.7 Å². The van der Waals surface area contributed by atoms with Crippen molar-refractivity contribution in [2.75, 3.05) is 6.26 Å². The van der Waals surface area contributed by atoms with Gasteiger partial charge >= 0.3 is 0 Å². The van der Waals surface area contributed by atoms with Crippen molar-refractivity contribution in [3.63, 3.8) is 0 Å². The summed E-state index contributed by atoms with van der Waals surface area (Å²) in [6.07, 6.45) is 2.07. The van der Waals surface area contributed by atoms with E-state index in [-0.39, 0.29) is 0 Å². The molecule has 5 heteroatoms. The molecule has 0 spiro atoms. The van der Waals surface area contributed by atoms with E-state index < -0.39 is 0 Å². The van der Waals surface area contributed by atoms with E-state index in [1.807, 2.05) is 35.8 Å². The van der Waals surface area contributed by atoms with Gasteiger partial charge in [-0.25, -0.2) is 4.98 Å². The third-order valence-corrected chi connectivity index (χ3v) is 4.07. The monoisotopic (exact) mass is 287 g/mol. The second-order valence-corrected chi connectivity index (χ2v) is 5.50. The van der Waals surface area contributed by atoms with Crippen molar-refractivity contribution < 1.29 is 0 Å². The van der Waals surface area contributed by atoms with Crippen molar-refractivity contribution in [1.82, 2.24) is 14.5 Å². The van der Waals surface area contributed by atoms with Crippen molar-refractivity contribution in [2.24, 2.45) is 0 Å². The Bertz CT molecular complexity index is 802. The van der Waals surface area contributed by atoms with Gasteiger partial charge in [-0.15, -0.1) is 11.8 Å². The number of aromatic nitrogens is 3. The number of para-hydroxylation sites is 1. The molecule has 2 heterocycles. The van der Waals surface area contributed by atoms with Crippen LogP contribution in [0.4, 0.5) is 0 Å². The van der Waals surface area contributed by atoms with Crippen LogP contribution in [0.5, 0.6) is 0 Å². The highest BCUT2D eigenvalue weighted by Crippen LogP contribution is 2.26. The van der Waals surface area contributed by atoms with Gasteiger partial charge in [0.2, 0.25) is 0 Å². The lowest BCUT2D eigenvalue weighted by Crippen LogP contribution is -1.98. The number of imidazole rings is 1. The number of thioether (sulfide) groups is 1. The lowest BCUT2D eigenvalue weighted by atomic mass is 10.3. The molecule has 19 heavy (non-hydrogen) atoms. The number of nitrogens with zero attached hydrogens (tertiary/aromatic N) is 2. The van der Waals surface area contributed by atoms with Gasteiger partial charge in [0.15, 0.2) is 10.4 Å². The summed E-state index contributed by atoms with van der Waals surface area (Å²) in [6.45, 7) is 1.99. The van der Waals surface area contributed by atoms with Crippen LogP contribution in [0.25, 0.3) is 16.9 Å². The van der Waals surface area contributed by atoms with Gasteiger partial charge in [-0.2, -0.15) is 0 Å². The van der Waals surface area contributed by atoms with Gasteiger partial charge in [-0.1, -0.05) is 12.1 Å². The largest absolute Gasteiger partial charge is 0.329 e. The molecule has 3 rings (SSSR count). The second kappa shape index (κ2) is 4.83. The Kier molecular flexibility index (Phi) is 3.16. The molecule has 0 atom stereocenters. The molecule has 1 aromatic carbocycles. The molecule has 0 aliphatic rings. The minimum atomic E-state index is 0.676. The quantitative estimate of drug-likeness (QED) is 0.569. The first-order valence-corrected chi connectivity index (χ1v) is 7.56. The normalized spacial score (nSPS) is 11.1. The molecule has 1 N–H and O–H groups in total. The topological polar surface area (TPSA) is 33.6 Å². The lowest BCUT2D eigenvalue weighted by Gasteiger charge is -2.08. The predicted octanol–water partition coefficient (Wildman–Crippen LogP) is 4.11. The summed E-state index contributed by atoms with van der Waals surface area (Å²) in [7, 11) is 0. The highest BCUT2D eigenvalue weighted by Gasteiger charge is 2.10. The Morgan fingerprint density at radius 3 is 2.79 bits per heavy atom. The molecule has 2 aromatic heterocycles. The van der Waals surface area contributed by atoms with E-state index in [0.29, 0.717) is 4.77 Å². The summed E-state index contributed by atoms with van der Waals surface area (Å²) in [5, 5.41) is 0. The van der Waals surface area contributed by atoms with Crippen molar-refractivity contribution in [3.8, 4) is 5.69 Å². The zero-order valence-electron chi connectivity index (χ0n) is 10.7. The molecular formula is C14H13N3S2. The Labute approximate surface area is 120 Å². The number of fused-ring (bicyclic) bond motifs is 1. The van der Waals surface area contributed by atoms with Crippen LogP contribution in [0.15, 0.2) is 41.3 Å². The summed E-state index contributed by atoms with van der Waals surface area (Å²) >= 11 is 7.15. The van der Waals surface area contributed by atoms with E-state index in [9.17, 15) is 0 Å². The predicted molar refractivity (Wildman–Crippen MR) is 82.8 cm³/mol. The van der Waals surface area contributed by atoms with Crippen LogP contribution in [0.3, 0.4) is 0 Å². The average molecular weight is 287 g/mol. The molecule has 0 amide bonds. The molecule has 0 saturated heterocycles. The van der Waals surface area contributed by atoms with Crippen LogP contribution >= 0.6 is 24.0 Å². The van der Waals surface area contributed by atoms with Crippen molar-refractivity contribution in [2.45, 2.75) is 11.8 Å². The van der Waals surface area contributed by atoms with E-state index in [1.54, 1.807) is 11.8 Å². The number of nitrogens with one attached hydrogen (secondary N) is 1. The van der Waals surface area contributed by atoms with E-state index in [2.05, 4.69) is 28.4 Å². The summed E-state index contributed by atoms with van der Waals surface area (Å²) in [5.74, 6) is 0. The number of hydrogen-bond acceptors (Lipinski definition) is 3. The maximum Gasteiger partial charge on any atom is 0.184 e. The smallest absolute Gasteiger partial charge is 0.184 e. The molecule has 0 aliphatic heterocycles. The molecule has 0 bridgehead atoms. The van der Waals surface area contributed by atoms with Gasteiger partial charge in [0, 0.05) is 10.6 Å². The molecule has 0 radical (unpaired) electrons. The van der Waals surface area contributed by atoms with Gasteiger partial charge in [0.05, 0.1) is 11.2 Å². The minimum Gasteiger partial charge on any atom is -0.329 e. The number of aryl methyl sites for hydroxylation is 1. The lowest BCUT2D eigenvalue weighted by molar-refractivity contribution is 1.01. The van der Waals surface area contributed by atoms with Crippen LogP contribution in [0.1, 0.15) is 5.69 Å². The summed E-state index contributed by atoms with van der Waals surface area (Å²) in [4.78, 5) is 9.00. The number of hydrogen-bond donors (Lipinski definition) is 1. The maximum absolute atomic E-state index is 5.44. The van der Waals surface area contributed by atoms with E-state index in [4.69, 9.17) is 12.2 Å². The Morgan fingerprint density at radius 1 is 1.21 bits per heavy atom. The number of H-pyrrole nitrogens is 1. The Hall–Kier alpha value is -1.59. The number of benzene rings is 1. The third kappa shape index (κ3) is 2.09. The van der Waals surface area contributed by atoms with Gasteiger partial charge in [-0.05, 0) is 49.7 Å².